The molecule has 20 heavy (non-hydrogen) atoms. The lowest BCUT2D eigenvalue weighted by Gasteiger charge is -2.09. The van der Waals surface area contributed by atoms with Crippen LogP contribution in [0.3, 0.4) is 0 Å². The van der Waals surface area contributed by atoms with Crippen molar-refractivity contribution in [3.05, 3.63) is 54.5 Å². The van der Waals surface area contributed by atoms with Gasteiger partial charge in [0.15, 0.2) is 0 Å². The van der Waals surface area contributed by atoms with Crippen LogP contribution in [0.25, 0.3) is 10.9 Å². The molecule has 1 aromatic carbocycles. The molecule has 3 aromatic rings. The quantitative estimate of drug-likeness (QED) is 0.746. The number of pyridine rings is 1. The van der Waals surface area contributed by atoms with Crippen LogP contribution in [0.15, 0.2) is 59.0 Å². The van der Waals surface area contributed by atoms with Crippen LogP contribution in [0, 0.1) is 0 Å². The summed E-state index contributed by atoms with van der Waals surface area (Å²) in [5.41, 5.74) is 2.18. The molecule has 100 valence electrons. The first-order valence-electron chi connectivity index (χ1n) is 6.34. The Morgan fingerprint density at radius 3 is 2.90 bits per heavy atom. The molecule has 0 aliphatic carbocycles. The molecule has 0 bridgehead atoms. The molecule has 0 saturated carbocycles. The number of hydrogen-bond acceptors (Lipinski definition) is 5. The maximum atomic E-state index is 4.75. The van der Waals surface area contributed by atoms with Gasteiger partial charge in [-0.25, -0.2) is 15.0 Å². The van der Waals surface area contributed by atoms with E-state index in [9.17, 15) is 0 Å². The van der Waals surface area contributed by atoms with Crippen molar-refractivity contribution in [2.75, 3.05) is 7.05 Å². The Labute approximate surface area is 121 Å². The van der Waals surface area contributed by atoms with E-state index in [4.69, 9.17) is 4.98 Å². The van der Waals surface area contributed by atoms with Crippen LogP contribution in [0.1, 0.15) is 5.56 Å². The first kappa shape index (κ1) is 13.0. The number of aromatic nitrogens is 3. The molecular formula is C15H14N4S. The van der Waals surface area contributed by atoms with Crippen LogP contribution in [0.5, 0.6) is 0 Å². The summed E-state index contributed by atoms with van der Waals surface area (Å²) in [7, 11) is 1.94. The number of rotatable bonds is 4. The summed E-state index contributed by atoms with van der Waals surface area (Å²) in [6.45, 7) is 0.783. The zero-order valence-electron chi connectivity index (χ0n) is 11.1. The van der Waals surface area contributed by atoms with Gasteiger partial charge in [-0.05, 0) is 42.6 Å². The number of fused-ring (bicyclic) bond motifs is 1. The predicted molar refractivity (Wildman–Crippen MR) is 80.7 cm³/mol. The van der Waals surface area contributed by atoms with Gasteiger partial charge in [0, 0.05) is 18.1 Å². The van der Waals surface area contributed by atoms with Gasteiger partial charge in [-0.2, -0.15) is 0 Å². The summed E-state index contributed by atoms with van der Waals surface area (Å²) in [5, 5.41) is 6.23. The second kappa shape index (κ2) is 5.98. The highest BCUT2D eigenvalue weighted by atomic mass is 32.2. The van der Waals surface area contributed by atoms with Crippen LogP contribution in [0.4, 0.5) is 0 Å². The molecule has 0 amide bonds. The predicted octanol–water partition coefficient (Wildman–Crippen LogP) is 2.90. The Balaban J connectivity index is 2.05. The highest BCUT2D eigenvalue weighted by Gasteiger charge is 2.08. The van der Waals surface area contributed by atoms with Crippen molar-refractivity contribution in [3.8, 4) is 0 Å². The summed E-state index contributed by atoms with van der Waals surface area (Å²) < 4.78 is 0. The number of para-hydroxylation sites is 1. The third-order valence-corrected chi connectivity index (χ3v) is 3.88. The molecule has 2 heterocycles. The monoisotopic (exact) mass is 282 g/mol. The van der Waals surface area contributed by atoms with E-state index in [0.717, 1.165) is 27.5 Å². The van der Waals surface area contributed by atoms with Gasteiger partial charge in [-0.15, -0.1) is 0 Å². The molecule has 0 saturated heterocycles. The van der Waals surface area contributed by atoms with Gasteiger partial charge >= 0.3 is 0 Å². The second-order valence-electron chi connectivity index (χ2n) is 4.33. The zero-order chi connectivity index (χ0) is 13.8. The first-order valence-corrected chi connectivity index (χ1v) is 7.15. The SMILES string of the molecule is CNCc1cc2ccccc2nc1Sc1ccncn1. The van der Waals surface area contributed by atoms with Gasteiger partial charge in [0.25, 0.3) is 0 Å². The third-order valence-electron chi connectivity index (χ3n) is 2.89. The van der Waals surface area contributed by atoms with Gasteiger partial charge in [0.05, 0.1) is 5.52 Å². The average molecular weight is 282 g/mol. The van der Waals surface area contributed by atoms with Crippen molar-refractivity contribution in [2.45, 2.75) is 16.6 Å². The van der Waals surface area contributed by atoms with Crippen molar-refractivity contribution >= 4 is 22.7 Å². The lowest BCUT2D eigenvalue weighted by Crippen LogP contribution is -2.07. The second-order valence-corrected chi connectivity index (χ2v) is 5.33. The number of nitrogens with zero attached hydrogens (tertiary/aromatic N) is 3. The molecule has 3 rings (SSSR count). The number of hydrogen-bond donors (Lipinski definition) is 1. The van der Waals surface area contributed by atoms with Crippen molar-refractivity contribution in [2.24, 2.45) is 0 Å². The Hall–Kier alpha value is -1.98. The molecule has 2 aromatic heterocycles. The summed E-state index contributed by atoms with van der Waals surface area (Å²) >= 11 is 1.57. The Bertz CT molecular complexity index is 715. The van der Waals surface area contributed by atoms with E-state index in [2.05, 4.69) is 27.4 Å². The Morgan fingerprint density at radius 1 is 1.20 bits per heavy atom. The van der Waals surface area contributed by atoms with Crippen molar-refractivity contribution in [1.29, 1.82) is 0 Å². The van der Waals surface area contributed by atoms with Crippen molar-refractivity contribution in [3.63, 3.8) is 0 Å². The largest absolute Gasteiger partial charge is 0.316 e. The van der Waals surface area contributed by atoms with Crippen molar-refractivity contribution < 1.29 is 0 Å². The summed E-state index contributed by atoms with van der Waals surface area (Å²) in [6.07, 6.45) is 3.30. The van der Waals surface area contributed by atoms with E-state index in [0.29, 0.717) is 0 Å². The van der Waals surface area contributed by atoms with E-state index in [-0.39, 0.29) is 0 Å². The fourth-order valence-corrected chi connectivity index (χ4v) is 2.82. The van der Waals surface area contributed by atoms with Crippen LogP contribution < -0.4 is 5.32 Å². The van der Waals surface area contributed by atoms with E-state index < -0.39 is 0 Å². The van der Waals surface area contributed by atoms with Gasteiger partial charge in [0.2, 0.25) is 0 Å². The molecule has 0 atom stereocenters. The van der Waals surface area contributed by atoms with Gasteiger partial charge < -0.3 is 5.32 Å². The Morgan fingerprint density at radius 2 is 2.10 bits per heavy atom. The zero-order valence-corrected chi connectivity index (χ0v) is 11.9. The molecular weight excluding hydrogens is 268 g/mol. The minimum atomic E-state index is 0.783. The lowest BCUT2D eigenvalue weighted by atomic mass is 10.1. The molecule has 0 unspecified atom stereocenters. The summed E-state index contributed by atoms with van der Waals surface area (Å²) in [6, 6.07) is 12.2. The first-order chi connectivity index (χ1) is 9.86. The fraction of sp³-hybridized carbons (Fsp3) is 0.133. The van der Waals surface area contributed by atoms with E-state index >= 15 is 0 Å². The average Bonchev–Trinajstić information content (AvgIpc) is 2.49. The fourth-order valence-electron chi connectivity index (χ4n) is 1.99. The molecule has 0 spiro atoms. The number of benzene rings is 1. The van der Waals surface area contributed by atoms with Crippen LogP contribution >= 0.6 is 11.8 Å². The maximum absolute atomic E-state index is 4.75. The molecule has 4 nitrogen and oxygen atoms in total. The molecule has 0 aliphatic rings. The van der Waals surface area contributed by atoms with Crippen LogP contribution in [-0.2, 0) is 6.54 Å². The molecule has 0 fully saturated rings. The van der Waals surface area contributed by atoms with Gasteiger partial charge in [-0.3, -0.25) is 0 Å². The van der Waals surface area contributed by atoms with E-state index in [1.807, 2.05) is 31.3 Å². The Kier molecular flexibility index (Phi) is 3.90. The topological polar surface area (TPSA) is 50.7 Å². The minimum Gasteiger partial charge on any atom is -0.316 e. The number of nitrogens with one attached hydrogen (secondary N) is 1. The van der Waals surface area contributed by atoms with Crippen LogP contribution in [-0.4, -0.2) is 22.0 Å². The van der Waals surface area contributed by atoms with Gasteiger partial charge in [-0.1, -0.05) is 18.2 Å². The molecule has 1 N–H and O–H groups in total. The lowest BCUT2D eigenvalue weighted by molar-refractivity contribution is 0.793. The summed E-state index contributed by atoms with van der Waals surface area (Å²) in [4.78, 5) is 12.9. The highest BCUT2D eigenvalue weighted by molar-refractivity contribution is 7.99. The standard InChI is InChI=1S/C15H14N4S/c1-16-9-12-8-11-4-2-3-5-13(11)19-15(12)20-14-6-7-17-10-18-14/h2-8,10,16H,9H2,1H3. The molecule has 5 heteroatoms. The minimum absolute atomic E-state index is 0.783. The smallest absolute Gasteiger partial charge is 0.116 e. The normalized spacial score (nSPS) is 10.8. The maximum Gasteiger partial charge on any atom is 0.116 e. The van der Waals surface area contributed by atoms with Crippen LogP contribution in [0.2, 0.25) is 0 Å². The van der Waals surface area contributed by atoms with E-state index in [1.165, 1.54) is 5.56 Å². The van der Waals surface area contributed by atoms with Gasteiger partial charge in [0.1, 0.15) is 16.4 Å². The molecule has 0 radical (unpaired) electrons. The van der Waals surface area contributed by atoms with Crippen molar-refractivity contribution in [1.82, 2.24) is 20.3 Å². The molecule has 0 aliphatic heterocycles. The van der Waals surface area contributed by atoms with E-state index in [1.54, 1.807) is 24.3 Å². The highest BCUT2D eigenvalue weighted by Crippen LogP contribution is 2.29. The summed E-state index contributed by atoms with van der Waals surface area (Å²) in [5.74, 6) is 0. The third kappa shape index (κ3) is 2.79.